The van der Waals surface area contributed by atoms with Crippen LogP contribution in [0.15, 0.2) is 29.6 Å². The summed E-state index contributed by atoms with van der Waals surface area (Å²) in [5.74, 6) is 0.993. The molecular weight excluding hydrogens is 458 g/mol. The van der Waals surface area contributed by atoms with E-state index < -0.39 is 0 Å². The summed E-state index contributed by atoms with van der Waals surface area (Å²) in [6.07, 6.45) is 1.77. The minimum Gasteiger partial charge on any atom is -0.491 e. The minimum absolute atomic E-state index is 0.0534. The van der Waals surface area contributed by atoms with Crippen LogP contribution in [0.4, 0.5) is 4.79 Å². The van der Waals surface area contributed by atoms with Gasteiger partial charge in [-0.1, -0.05) is 31.9 Å². The number of aryl methyl sites for hydroxylation is 1. The smallest absolute Gasteiger partial charge is 0.317 e. The average molecular weight is 492 g/mol. The molecule has 3 amide bonds. The summed E-state index contributed by atoms with van der Waals surface area (Å²) in [6.45, 7) is 10.1. The van der Waals surface area contributed by atoms with Crippen molar-refractivity contribution in [2.75, 3.05) is 32.8 Å². The van der Waals surface area contributed by atoms with Crippen molar-refractivity contribution < 1.29 is 14.3 Å². The molecule has 8 heteroatoms. The summed E-state index contributed by atoms with van der Waals surface area (Å²) in [7, 11) is 0. The van der Waals surface area contributed by atoms with E-state index in [4.69, 9.17) is 16.3 Å². The Morgan fingerprint density at radius 3 is 2.82 bits per heavy atom. The van der Waals surface area contributed by atoms with Crippen molar-refractivity contribution in [3.8, 4) is 5.75 Å². The zero-order chi connectivity index (χ0) is 24.0. The number of nitrogens with zero attached hydrogens (tertiary/aromatic N) is 2. The number of hydrogen-bond donors (Lipinski definition) is 1. The number of rotatable bonds is 9. The molecule has 2 aromatic rings. The molecule has 2 atom stereocenters. The third kappa shape index (κ3) is 6.42. The van der Waals surface area contributed by atoms with Crippen LogP contribution in [0.3, 0.4) is 0 Å². The molecule has 0 saturated heterocycles. The molecule has 0 fully saturated rings. The van der Waals surface area contributed by atoms with E-state index >= 15 is 0 Å². The van der Waals surface area contributed by atoms with Crippen LogP contribution in [0.25, 0.3) is 0 Å². The monoisotopic (exact) mass is 491 g/mol. The highest BCUT2D eigenvalue weighted by atomic mass is 35.5. The Kier molecular flexibility index (Phi) is 9.03. The first kappa shape index (κ1) is 25.4. The number of carbonyl (C=O) groups is 2. The Balaban J connectivity index is 1.77. The normalized spacial score (nSPS) is 16.2. The van der Waals surface area contributed by atoms with E-state index in [2.05, 4.69) is 30.6 Å². The van der Waals surface area contributed by atoms with Crippen molar-refractivity contribution in [2.24, 2.45) is 5.92 Å². The highest BCUT2D eigenvalue weighted by Gasteiger charge is 2.33. The molecule has 1 aromatic heterocycles. The molecule has 0 saturated carbocycles. The first-order valence-corrected chi connectivity index (χ1v) is 12.9. The van der Waals surface area contributed by atoms with Crippen LogP contribution in [-0.4, -0.2) is 54.5 Å². The number of amides is 3. The third-order valence-electron chi connectivity index (χ3n) is 6.12. The highest BCUT2D eigenvalue weighted by molar-refractivity contribution is 7.10. The summed E-state index contributed by atoms with van der Waals surface area (Å²) < 4.78 is 6.12. The predicted octanol–water partition coefficient (Wildman–Crippen LogP) is 5.29. The summed E-state index contributed by atoms with van der Waals surface area (Å²) in [5, 5.41) is 5.61. The fourth-order valence-electron chi connectivity index (χ4n) is 4.00. The maximum Gasteiger partial charge on any atom is 0.317 e. The molecule has 180 valence electrons. The Labute approximate surface area is 205 Å². The fourth-order valence-corrected chi connectivity index (χ4v) is 5.04. The van der Waals surface area contributed by atoms with Gasteiger partial charge in [0.2, 0.25) is 5.91 Å². The van der Waals surface area contributed by atoms with Crippen molar-refractivity contribution in [3.63, 3.8) is 0 Å². The predicted molar refractivity (Wildman–Crippen MR) is 134 cm³/mol. The average Bonchev–Trinajstić information content (AvgIpc) is 3.28. The highest BCUT2D eigenvalue weighted by Crippen LogP contribution is 2.34. The summed E-state index contributed by atoms with van der Waals surface area (Å²) >= 11 is 7.87. The number of urea groups is 1. The van der Waals surface area contributed by atoms with E-state index in [1.54, 1.807) is 16.2 Å². The van der Waals surface area contributed by atoms with Gasteiger partial charge in [-0.15, -0.1) is 11.3 Å². The molecule has 0 spiro atoms. The molecule has 33 heavy (non-hydrogen) atoms. The SMILES string of the molecule is CCNC(=O)N(CC(=O)N1CCc2sccc2C1COc1ccc(Cl)c(C)c1)CC(C)CC. The van der Waals surface area contributed by atoms with Crippen molar-refractivity contribution >= 4 is 34.9 Å². The molecule has 0 bridgehead atoms. The Hall–Kier alpha value is -2.25. The molecule has 0 radical (unpaired) electrons. The molecule has 6 nitrogen and oxygen atoms in total. The van der Waals surface area contributed by atoms with E-state index in [-0.39, 0.29) is 24.5 Å². The van der Waals surface area contributed by atoms with Crippen LogP contribution in [0.2, 0.25) is 5.02 Å². The van der Waals surface area contributed by atoms with Crippen LogP contribution < -0.4 is 10.1 Å². The zero-order valence-electron chi connectivity index (χ0n) is 19.9. The van der Waals surface area contributed by atoms with Crippen LogP contribution in [0.5, 0.6) is 5.75 Å². The van der Waals surface area contributed by atoms with E-state index in [1.807, 2.05) is 36.9 Å². The number of carbonyl (C=O) groups excluding carboxylic acids is 2. The number of hydrogen-bond acceptors (Lipinski definition) is 4. The standard InChI is InChI=1S/C25H34ClN3O3S/c1-5-17(3)14-28(25(31)27-6-2)15-24(30)29-11-9-23-20(10-12-33-23)22(29)16-32-19-7-8-21(26)18(4)13-19/h7-8,10,12-13,17,22H,5-6,9,11,14-16H2,1-4H3,(H,27,31). The first-order chi connectivity index (χ1) is 15.8. The maximum absolute atomic E-state index is 13.5. The molecule has 3 rings (SSSR count). The lowest BCUT2D eigenvalue weighted by Gasteiger charge is -2.37. The Bertz CT molecular complexity index is 964. The van der Waals surface area contributed by atoms with Crippen LogP contribution >= 0.6 is 22.9 Å². The molecule has 0 aliphatic carbocycles. The van der Waals surface area contributed by atoms with Gasteiger partial charge in [-0.25, -0.2) is 4.79 Å². The lowest BCUT2D eigenvalue weighted by atomic mass is 10.00. The van der Waals surface area contributed by atoms with Crippen LogP contribution in [0, 0.1) is 12.8 Å². The minimum atomic E-state index is -0.192. The van der Waals surface area contributed by atoms with Crippen molar-refractivity contribution in [2.45, 2.75) is 46.6 Å². The van der Waals surface area contributed by atoms with E-state index in [9.17, 15) is 9.59 Å². The fraction of sp³-hybridized carbons (Fsp3) is 0.520. The number of nitrogens with one attached hydrogen (secondary N) is 1. The maximum atomic E-state index is 13.5. The molecule has 1 aliphatic heterocycles. The van der Waals surface area contributed by atoms with Crippen molar-refractivity contribution in [1.82, 2.24) is 15.1 Å². The first-order valence-electron chi connectivity index (χ1n) is 11.6. The molecule has 1 aliphatic rings. The quantitative estimate of drug-likeness (QED) is 0.518. The number of halogens is 1. The van der Waals surface area contributed by atoms with Gasteiger partial charge in [0.25, 0.3) is 0 Å². The topological polar surface area (TPSA) is 61.9 Å². The van der Waals surface area contributed by atoms with E-state index in [0.717, 1.165) is 29.7 Å². The van der Waals surface area contributed by atoms with Gasteiger partial charge in [-0.3, -0.25) is 4.79 Å². The second-order valence-electron chi connectivity index (χ2n) is 8.60. The van der Waals surface area contributed by atoms with E-state index in [0.29, 0.717) is 37.2 Å². The number of thiophene rings is 1. The van der Waals surface area contributed by atoms with Crippen molar-refractivity contribution in [3.05, 3.63) is 50.7 Å². The van der Waals surface area contributed by atoms with Gasteiger partial charge in [0.05, 0.1) is 6.04 Å². The second-order valence-corrected chi connectivity index (χ2v) is 10.0. The van der Waals surface area contributed by atoms with Gasteiger partial charge >= 0.3 is 6.03 Å². The van der Waals surface area contributed by atoms with Gasteiger partial charge in [0.15, 0.2) is 0 Å². The zero-order valence-corrected chi connectivity index (χ0v) is 21.5. The lowest BCUT2D eigenvalue weighted by molar-refractivity contribution is -0.135. The van der Waals surface area contributed by atoms with Gasteiger partial charge in [0, 0.05) is 29.5 Å². The van der Waals surface area contributed by atoms with Crippen molar-refractivity contribution in [1.29, 1.82) is 0 Å². The van der Waals surface area contributed by atoms with Gasteiger partial charge in [-0.2, -0.15) is 0 Å². The molecular formula is C25H34ClN3O3S. The van der Waals surface area contributed by atoms with Gasteiger partial charge < -0.3 is 19.9 Å². The Morgan fingerprint density at radius 1 is 1.33 bits per heavy atom. The molecule has 1 N–H and O–H groups in total. The second kappa shape index (κ2) is 11.7. The van der Waals surface area contributed by atoms with Crippen LogP contribution in [-0.2, 0) is 11.2 Å². The molecule has 2 heterocycles. The summed E-state index contributed by atoms with van der Waals surface area (Å²) in [4.78, 5) is 30.9. The number of ether oxygens (including phenoxy) is 1. The van der Waals surface area contributed by atoms with E-state index in [1.165, 1.54) is 4.88 Å². The largest absolute Gasteiger partial charge is 0.491 e. The Morgan fingerprint density at radius 2 is 2.12 bits per heavy atom. The number of benzene rings is 1. The molecule has 2 unspecified atom stereocenters. The van der Waals surface area contributed by atoms with Gasteiger partial charge in [0.1, 0.15) is 18.9 Å². The summed E-state index contributed by atoms with van der Waals surface area (Å²) in [5.41, 5.74) is 2.08. The van der Waals surface area contributed by atoms with Gasteiger partial charge in [-0.05, 0) is 67.0 Å². The molecule has 1 aromatic carbocycles. The number of fused-ring (bicyclic) bond motifs is 1. The summed E-state index contributed by atoms with van der Waals surface area (Å²) in [6, 6.07) is 7.29. The lowest BCUT2D eigenvalue weighted by Crippen LogP contribution is -2.50. The third-order valence-corrected chi connectivity index (χ3v) is 7.54. The van der Waals surface area contributed by atoms with Crippen LogP contribution in [0.1, 0.15) is 49.2 Å².